The normalized spacial score (nSPS) is 16.4. The van der Waals surface area contributed by atoms with Crippen LogP contribution < -0.4 is 0 Å². The van der Waals surface area contributed by atoms with E-state index in [-0.39, 0.29) is 11.9 Å². The van der Waals surface area contributed by atoms with Crippen LogP contribution in [-0.4, -0.2) is 34.2 Å². The third kappa shape index (κ3) is 5.44. The van der Waals surface area contributed by atoms with Gasteiger partial charge in [0, 0.05) is 17.8 Å². The van der Waals surface area contributed by atoms with E-state index in [9.17, 15) is 9.59 Å². The van der Waals surface area contributed by atoms with Gasteiger partial charge in [0.2, 0.25) is 0 Å². The summed E-state index contributed by atoms with van der Waals surface area (Å²) in [5, 5.41) is 1.97. The highest BCUT2D eigenvalue weighted by atomic mass is 32.2. The van der Waals surface area contributed by atoms with Gasteiger partial charge in [-0.1, -0.05) is 43.4 Å². The van der Waals surface area contributed by atoms with Gasteiger partial charge in [0.05, 0.1) is 11.5 Å². The first-order valence-corrected chi connectivity index (χ1v) is 9.66. The fourth-order valence-corrected chi connectivity index (χ4v) is 4.01. The van der Waals surface area contributed by atoms with E-state index in [1.807, 2.05) is 30.5 Å². The first-order chi connectivity index (χ1) is 11.1. The predicted molar refractivity (Wildman–Crippen MR) is 99.3 cm³/mol. The zero-order valence-corrected chi connectivity index (χ0v) is 15.4. The lowest BCUT2D eigenvalue weighted by Crippen LogP contribution is -2.29. The van der Waals surface area contributed by atoms with Gasteiger partial charge < -0.3 is 4.74 Å². The SMILES string of the molecule is CCCCOC(=O)CCCN1C(=O)C(=Cc2cccs2)SC1=S. The van der Waals surface area contributed by atoms with E-state index in [0.717, 1.165) is 17.7 Å². The minimum absolute atomic E-state index is 0.0762. The third-order valence-electron chi connectivity index (χ3n) is 3.21. The molecule has 0 aromatic carbocycles. The van der Waals surface area contributed by atoms with Gasteiger partial charge in [-0.25, -0.2) is 0 Å². The van der Waals surface area contributed by atoms with E-state index >= 15 is 0 Å². The average molecular weight is 370 g/mol. The molecular formula is C16H19NO3S3. The monoisotopic (exact) mass is 369 g/mol. The Morgan fingerprint density at radius 1 is 1.43 bits per heavy atom. The smallest absolute Gasteiger partial charge is 0.305 e. The van der Waals surface area contributed by atoms with Crippen molar-refractivity contribution in [3.8, 4) is 0 Å². The highest BCUT2D eigenvalue weighted by molar-refractivity contribution is 8.26. The molecule has 1 saturated heterocycles. The summed E-state index contributed by atoms with van der Waals surface area (Å²) in [6.45, 7) is 2.97. The van der Waals surface area contributed by atoms with Gasteiger partial charge in [0.25, 0.3) is 5.91 Å². The molecule has 1 fully saturated rings. The van der Waals surface area contributed by atoms with Crippen LogP contribution in [0.25, 0.3) is 6.08 Å². The number of rotatable bonds is 8. The Kier molecular flexibility index (Phi) is 7.26. The molecule has 23 heavy (non-hydrogen) atoms. The first kappa shape index (κ1) is 18.2. The molecule has 2 heterocycles. The number of thioether (sulfide) groups is 1. The number of carbonyl (C=O) groups excluding carboxylic acids is 2. The van der Waals surface area contributed by atoms with Crippen LogP contribution in [0.5, 0.6) is 0 Å². The molecule has 0 aliphatic carbocycles. The average Bonchev–Trinajstić information content (AvgIpc) is 3.11. The maximum atomic E-state index is 12.4. The number of thiophene rings is 1. The molecule has 1 aromatic heterocycles. The maximum Gasteiger partial charge on any atom is 0.305 e. The van der Waals surface area contributed by atoms with Crippen molar-refractivity contribution in [3.05, 3.63) is 27.3 Å². The predicted octanol–water partition coefficient (Wildman–Crippen LogP) is 4.07. The van der Waals surface area contributed by atoms with Gasteiger partial charge in [-0.3, -0.25) is 14.5 Å². The standard InChI is InChI=1S/C16H19NO3S3/c1-2-3-9-20-14(18)7-4-8-17-15(19)13(23-16(17)21)11-12-6-5-10-22-12/h5-6,10-11H,2-4,7-9H2,1H3. The second kappa shape index (κ2) is 9.20. The van der Waals surface area contributed by atoms with Crippen LogP contribution >= 0.6 is 35.3 Å². The summed E-state index contributed by atoms with van der Waals surface area (Å²) >= 11 is 8.17. The van der Waals surface area contributed by atoms with Crippen molar-refractivity contribution < 1.29 is 14.3 Å². The number of esters is 1. The molecule has 0 atom stereocenters. The largest absolute Gasteiger partial charge is 0.466 e. The Bertz CT molecular complexity index is 596. The van der Waals surface area contributed by atoms with E-state index < -0.39 is 0 Å². The number of carbonyl (C=O) groups is 2. The summed E-state index contributed by atoms with van der Waals surface area (Å²) in [6.07, 6.45) is 4.62. The van der Waals surface area contributed by atoms with Crippen molar-refractivity contribution in [2.45, 2.75) is 32.6 Å². The van der Waals surface area contributed by atoms with E-state index in [2.05, 4.69) is 0 Å². The van der Waals surface area contributed by atoms with Crippen LogP contribution in [0.15, 0.2) is 22.4 Å². The lowest BCUT2D eigenvalue weighted by Gasteiger charge is -2.13. The Balaban J connectivity index is 1.81. The van der Waals surface area contributed by atoms with Crippen LogP contribution in [0, 0.1) is 0 Å². The highest BCUT2D eigenvalue weighted by Crippen LogP contribution is 2.33. The van der Waals surface area contributed by atoms with Crippen molar-refractivity contribution in [2.75, 3.05) is 13.2 Å². The molecule has 1 aliphatic heterocycles. The summed E-state index contributed by atoms with van der Waals surface area (Å²) in [4.78, 5) is 27.2. The number of ether oxygens (including phenoxy) is 1. The molecule has 1 aliphatic rings. The number of hydrogen-bond donors (Lipinski definition) is 0. The Labute approximate surface area is 149 Å². The second-order valence-electron chi connectivity index (χ2n) is 5.03. The summed E-state index contributed by atoms with van der Waals surface area (Å²) in [6, 6.07) is 3.91. The zero-order valence-electron chi connectivity index (χ0n) is 12.9. The highest BCUT2D eigenvalue weighted by Gasteiger charge is 2.31. The first-order valence-electron chi connectivity index (χ1n) is 7.56. The Morgan fingerprint density at radius 2 is 2.26 bits per heavy atom. The van der Waals surface area contributed by atoms with Gasteiger partial charge in [-0.2, -0.15) is 0 Å². The second-order valence-corrected chi connectivity index (χ2v) is 7.68. The van der Waals surface area contributed by atoms with E-state index in [1.54, 1.807) is 16.2 Å². The molecule has 4 nitrogen and oxygen atoms in total. The van der Waals surface area contributed by atoms with E-state index in [0.29, 0.717) is 35.2 Å². The van der Waals surface area contributed by atoms with Gasteiger partial charge >= 0.3 is 5.97 Å². The summed E-state index contributed by atoms with van der Waals surface area (Å²) in [7, 11) is 0. The molecule has 2 rings (SSSR count). The topological polar surface area (TPSA) is 46.6 Å². The van der Waals surface area contributed by atoms with Crippen LogP contribution in [0.1, 0.15) is 37.5 Å². The zero-order chi connectivity index (χ0) is 16.7. The van der Waals surface area contributed by atoms with Gasteiger partial charge in [0.15, 0.2) is 0 Å². The molecule has 0 bridgehead atoms. The molecule has 0 N–H and O–H groups in total. The number of hydrogen-bond acceptors (Lipinski definition) is 6. The minimum atomic E-state index is -0.210. The number of amides is 1. The van der Waals surface area contributed by atoms with Crippen LogP contribution in [-0.2, 0) is 14.3 Å². The quantitative estimate of drug-likeness (QED) is 0.299. The number of nitrogens with zero attached hydrogens (tertiary/aromatic N) is 1. The van der Waals surface area contributed by atoms with Crippen molar-refractivity contribution in [2.24, 2.45) is 0 Å². The van der Waals surface area contributed by atoms with E-state index in [4.69, 9.17) is 17.0 Å². The molecule has 1 aromatic rings. The minimum Gasteiger partial charge on any atom is -0.466 e. The lowest BCUT2D eigenvalue weighted by molar-refractivity contribution is -0.144. The van der Waals surface area contributed by atoms with Crippen LogP contribution in [0.4, 0.5) is 0 Å². The van der Waals surface area contributed by atoms with Crippen molar-refractivity contribution in [1.29, 1.82) is 0 Å². The Hall–Kier alpha value is -1.18. The molecule has 0 spiro atoms. The van der Waals surface area contributed by atoms with Crippen LogP contribution in [0.3, 0.4) is 0 Å². The maximum absolute atomic E-state index is 12.4. The molecule has 0 saturated carbocycles. The van der Waals surface area contributed by atoms with Gasteiger partial charge in [-0.05, 0) is 30.4 Å². The Morgan fingerprint density at radius 3 is 2.96 bits per heavy atom. The molecule has 124 valence electrons. The molecule has 0 radical (unpaired) electrons. The third-order valence-corrected chi connectivity index (χ3v) is 5.41. The van der Waals surface area contributed by atoms with E-state index in [1.165, 1.54) is 11.8 Å². The fourth-order valence-electron chi connectivity index (χ4n) is 1.98. The summed E-state index contributed by atoms with van der Waals surface area (Å²) < 4.78 is 5.65. The number of unbranched alkanes of at least 4 members (excludes halogenated alkanes) is 1. The summed E-state index contributed by atoms with van der Waals surface area (Å²) in [5.41, 5.74) is 0. The molecular weight excluding hydrogens is 350 g/mol. The van der Waals surface area contributed by atoms with Crippen LogP contribution in [0.2, 0.25) is 0 Å². The molecule has 7 heteroatoms. The van der Waals surface area contributed by atoms with Crippen molar-refractivity contribution in [1.82, 2.24) is 4.90 Å². The van der Waals surface area contributed by atoms with Gasteiger partial charge in [-0.15, -0.1) is 11.3 Å². The summed E-state index contributed by atoms with van der Waals surface area (Å²) in [5.74, 6) is -0.286. The van der Waals surface area contributed by atoms with Crippen molar-refractivity contribution in [3.63, 3.8) is 0 Å². The van der Waals surface area contributed by atoms with Crippen molar-refractivity contribution >= 4 is 57.6 Å². The fraction of sp³-hybridized carbons (Fsp3) is 0.438. The lowest BCUT2D eigenvalue weighted by atomic mass is 10.3. The van der Waals surface area contributed by atoms with Gasteiger partial charge in [0.1, 0.15) is 4.32 Å². The number of thiocarbonyl (C=S) groups is 1. The molecule has 0 unspecified atom stereocenters. The molecule has 1 amide bonds.